The third-order valence-electron chi connectivity index (χ3n) is 1.37. The Kier molecular flexibility index (Phi) is 2.78. The Bertz CT molecular complexity index is 336. The summed E-state index contributed by atoms with van der Waals surface area (Å²) in [5, 5.41) is 0. The van der Waals surface area contributed by atoms with Crippen LogP contribution in [0.4, 0.5) is 4.39 Å². The molecule has 0 unspecified atom stereocenters. The molecular formula is C9H9FN2. The van der Waals surface area contributed by atoms with Crippen molar-refractivity contribution in [3.8, 4) is 11.8 Å². The molecule has 0 saturated carbocycles. The normalized spacial score (nSPS) is 8.92. The number of hydrogen-bond donors (Lipinski definition) is 1. The minimum Gasteiger partial charge on any atom is -0.320 e. The Morgan fingerprint density at radius 3 is 3.00 bits per heavy atom. The zero-order chi connectivity index (χ0) is 8.97. The fourth-order valence-corrected chi connectivity index (χ4v) is 0.749. The van der Waals surface area contributed by atoms with Crippen molar-refractivity contribution >= 4 is 0 Å². The molecule has 0 saturated heterocycles. The molecule has 0 bridgehead atoms. The number of nitrogens with zero attached hydrogens (tertiary/aromatic N) is 1. The maximum Gasteiger partial charge on any atom is 0.144 e. The largest absolute Gasteiger partial charge is 0.320 e. The second-order valence-electron chi connectivity index (χ2n) is 2.32. The molecule has 0 spiro atoms. The Hall–Kier alpha value is -1.40. The van der Waals surface area contributed by atoms with Gasteiger partial charge in [0.1, 0.15) is 11.5 Å². The van der Waals surface area contributed by atoms with Gasteiger partial charge in [0.2, 0.25) is 0 Å². The van der Waals surface area contributed by atoms with E-state index in [-0.39, 0.29) is 12.4 Å². The molecule has 0 aliphatic carbocycles. The highest BCUT2D eigenvalue weighted by atomic mass is 19.1. The summed E-state index contributed by atoms with van der Waals surface area (Å²) in [7, 11) is 0. The van der Waals surface area contributed by atoms with Crippen molar-refractivity contribution in [2.75, 3.05) is 6.54 Å². The molecule has 12 heavy (non-hydrogen) atoms. The highest BCUT2D eigenvalue weighted by Gasteiger charge is 1.96. The van der Waals surface area contributed by atoms with Gasteiger partial charge >= 0.3 is 0 Å². The molecule has 1 aromatic heterocycles. The predicted octanol–water partition coefficient (Wildman–Crippen LogP) is 0.839. The van der Waals surface area contributed by atoms with E-state index >= 15 is 0 Å². The van der Waals surface area contributed by atoms with Crippen molar-refractivity contribution in [1.82, 2.24) is 4.98 Å². The van der Waals surface area contributed by atoms with Gasteiger partial charge in [-0.1, -0.05) is 5.92 Å². The predicted molar refractivity (Wildman–Crippen MR) is 44.9 cm³/mol. The van der Waals surface area contributed by atoms with Crippen molar-refractivity contribution < 1.29 is 4.39 Å². The van der Waals surface area contributed by atoms with E-state index in [4.69, 9.17) is 5.73 Å². The van der Waals surface area contributed by atoms with Crippen LogP contribution >= 0.6 is 0 Å². The number of pyridine rings is 1. The van der Waals surface area contributed by atoms with E-state index < -0.39 is 0 Å². The molecule has 3 heteroatoms. The summed E-state index contributed by atoms with van der Waals surface area (Å²) in [5.74, 6) is 5.05. The van der Waals surface area contributed by atoms with Crippen LogP contribution in [0.5, 0.6) is 0 Å². The number of rotatable bonds is 0. The Labute approximate surface area is 70.6 Å². The molecule has 1 aromatic rings. The van der Waals surface area contributed by atoms with Crippen LogP contribution in [0.1, 0.15) is 11.3 Å². The van der Waals surface area contributed by atoms with Crippen LogP contribution in [0, 0.1) is 24.6 Å². The lowest BCUT2D eigenvalue weighted by atomic mass is 10.2. The Balaban J connectivity index is 2.97. The van der Waals surface area contributed by atoms with E-state index in [9.17, 15) is 4.39 Å². The smallest absolute Gasteiger partial charge is 0.144 e. The highest BCUT2D eigenvalue weighted by molar-refractivity contribution is 5.30. The molecule has 2 nitrogen and oxygen atoms in total. The van der Waals surface area contributed by atoms with Crippen LogP contribution in [0.2, 0.25) is 0 Å². The molecule has 0 aliphatic heterocycles. The summed E-state index contributed by atoms with van der Waals surface area (Å²) >= 11 is 0. The minimum atomic E-state index is -0.312. The Morgan fingerprint density at radius 2 is 2.42 bits per heavy atom. The minimum absolute atomic E-state index is 0.290. The summed E-state index contributed by atoms with van der Waals surface area (Å²) in [6, 6.07) is 1.60. The van der Waals surface area contributed by atoms with Gasteiger partial charge in [-0.05, 0) is 24.5 Å². The molecule has 2 N–H and O–H groups in total. The summed E-state index contributed by atoms with van der Waals surface area (Å²) in [4.78, 5) is 3.77. The summed E-state index contributed by atoms with van der Waals surface area (Å²) in [6.45, 7) is 1.96. The van der Waals surface area contributed by atoms with Crippen LogP contribution < -0.4 is 5.73 Å². The van der Waals surface area contributed by atoms with Crippen LogP contribution in [0.3, 0.4) is 0 Å². The van der Waals surface area contributed by atoms with Crippen molar-refractivity contribution in [2.24, 2.45) is 5.73 Å². The molecular weight excluding hydrogens is 155 g/mol. The fraction of sp³-hybridized carbons (Fsp3) is 0.222. The molecule has 0 amide bonds. The third-order valence-corrected chi connectivity index (χ3v) is 1.37. The van der Waals surface area contributed by atoms with Gasteiger partial charge in [0.25, 0.3) is 0 Å². The first kappa shape index (κ1) is 8.69. The number of hydrogen-bond acceptors (Lipinski definition) is 2. The van der Waals surface area contributed by atoms with E-state index in [0.29, 0.717) is 11.3 Å². The van der Waals surface area contributed by atoms with E-state index in [0.717, 1.165) is 6.20 Å². The van der Waals surface area contributed by atoms with Gasteiger partial charge in [-0.3, -0.25) is 0 Å². The summed E-state index contributed by atoms with van der Waals surface area (Å²) in [5.41, 5.74) is 6.27. The van der Waals surface area contributed by atoms with E-state index in [1.54, 1.807) is 13.0 Å². The van der Waals surface area contributed by atoms with Gasteiger partial charge in [0, 0.05) is 0 Å². The first-order chi connectivity index (χ1) is 5.74. The van der Waals surface area contributed by atoms with Gasteiger partial charge in [-0.15, -0.1) is 0 Å². The zero-order valence-electron chi connectivity index (χ0n) is 6.76. The van der Waals surface area contributed by atoms with Crippen LogP contribution in [0.25, 0.3) is 0 Å². The average molecular weight is 164 g/mol. The molecule has 0 atom stereocenters. The van der Waals surface area contributed by atoms with Gasteiger partial charge in [-0.25, -0.2) is 9.37 Å². The number of aromatic nitrogens is 1. The van der Waals surface area contributed by atoms with E-state index in [1.807, 2.05) is 0 Å². The van der Waals surface area contributed by atoms with Gasteiger partial charge in [0.15, 0.2) is 0 Å². The molecule has 0 aliphatic rings. The van der Waals surface area contributed by atoms with Crippen molar-refractivity contribution in [2.45, 2.75) is 6.92 Å². The lowest BCUT2D eigenvalue weighted by Crippen LogP contribution is -1.94. The topological polar surface area (TPSA) is 38.9 Å². The molecule has 1 rings (SSSR count). The maximum atomic E-state index is 12.7. The molecule has 0 radical (unpaired) electrons. The zero-order valence-corrected chi connectivity index (χ0v) is 6.76. The molecule has 1 heterocycles. The number of aryl methyl sites for hydroxylation is 1. The second kappa shape index (κ2) is 3.84. The van der Waals surface area contributed by atoms with Gasteiger partial charge < -0.3 is 5.73 Å². The molecule has 0 fully saturated rings. The van der Waals surface area contributed by atoms with Crippen molar-refractivity contribution in [1.29, 1.82) is 0 Å². The van der Waals surface area contributed by atoms with Crippen LogP contribution in [0.15, 0.2) is 12.3 Å². The lowest BCUT2D eigenvalue weighted by molar-refractivity contribution is 0.611. The average Bonchev–Trinajstić information content (AvgIpc) is 2.07. The van der Waals surface area contributed by atoms with Crippen LogP contribution in [-0.4, -0.2) is 11.5 Å². The highest BCUT2D eigenvalue weighted by Crippen LogP contribution is 2.04. The lowest BCUT2D eigenvalue weighted by Gasteiger charge is -1.94. The third kappa shape index (κ3) is 2.04. The molecule has 0 aromatic carbocycles. The SMILES string of the molecule is Cc1cc(C#CCN)ncc1F. The van der Waals surface area contributed by atoms with Gasteiger partial charge in [0.05, 0.1) is 12.7 Å². The quantitative estimate of drug-likeness (QED) is 0.577. The Morgan fingerprint density at radius 1 is 1.67 bits per heavy atom. The van der Waals surface area contributed by atoms with Gasteiger partial charge in [-0.2, -0.15) is 0 Å². The van der Waals surface area contributed by atoms with Crippen molar-refractivity contribution in [3.63, 3.8) is 0 Å². The van der Waals surface area contributed by atoms with E-state index in [1.165, 1.54) is 0 Å². The first-order valence-corrected chi connectivity index (χ1v) is 3.55. The van der Waals surface area contributed by atoms with Crippen LogP contribution in [-0.2, 0) is 0 Å². The standard InChI is InChI=1S/C9H9FN2/c1-7-5-8(3-2-4-11)12-6-9(7)10/h5-6H,4,11H2,1H3. The number of nitrogens with two attached hydrogens (primary N) is 1. The number of halogens is 1. The monoisotopic (exact) mass is 164 g/mol. The van der Waals surface area contributed by atoms with Crippen molar-refractivity contribution in [3.05, 3.63) is 29.3 Å². The fourth-order valence-electron chi connectivity index (χ4n) is 0.749. The van der Waals surface area contributed by atoms with E-state index in [2.05, 4.69) is 16.8 Å². The maximum absolute atomic E-state index is 12.7. The first-order valence-electron chi connectivity index (χ1n) is 3.55. The summed E-state index contributed by atoms with van der Waals surface area (Å²) < 4.78 is 12.7. The second-order valence-corrected chi connectivity index (χ2v) is 2.32. The molecule has 62 valence electrons. The summed E-state index contributed by atoms with van der Waals surface area (Å²) in [6.07, 6.45) is 1.16.